The summed E-state index contributed by atoms with van der Waals surface area (Å²) in [5.74, 6) is -4.10. The maximum Gasteiger partial charge on any atom is 0.422 e. The first-order valence-electron chi connectivity index (χ1n) is 4.30. The summed E-state index contributed by atoms with van der Waals surface area (Å²) in [6.45, 7) is 0.867. The van der Waals surface area contributed by atoms with Crippen LogP contribution in [0.25, 0.3) is 0 Å². The lowest BCUT2D eigenvalue weighted by Gasteiger charge is -2.32. The summed E-state index contributed by atoms with van der Waals surface area (Å²) in [6.07, 6.45) is -4.66. The van der Waals surface area contributed by atoms with Crippen LogP contribution in [0, 0.1) is 5.92 Å². The van der Waals surface area contributed by atoms with Crippen LogP contribution in [-0.4, -0.2) is 28.7 Å². The van der Waals surface area contributed by atoms with Gasteiger partial charge in [-0.3, -0.25) is 4.79 Å². The number of carboxylic acids is 1. The highest BCUT2D eigenvalue weighted by molar-refractivity contribution is 5.87. The van der Waals surface area contributed by atoms with E-state index < -0.39 is 29.5 Å². The number of amides is 1. The molecule has 0 aromatic rings. The minimum atomic E-state index is -4.98. The van der Waals surface area contributed by atoms with Crippen LogP contribution in [0.2, 0.25) is 0 Å². The van der Waals surface area contributed by atoms with Gasteiger partial charge in [0.2, 0.25) is 11.4 Å². The number of carboxylic acid groups (broad SMARTS) is 1. The molecule has 0 radical (unpaired) electrons. The van der Waals surface area contributed by atoms with Crippen molar-refractivity contribution in [1.82, 2.24) is 5.32 Å². The second kappa shape index (κ2) is 3.39. The molecule has 0 aromatic carbocycles. The van der Waals surface area contributed by atoms with Gasteiger partial charge in [-0.15, -0.1) is 0 Å². The van der Waals surface area contributed by atoms with Gasteiger partial charge in [-0.05, 0) is 12.8 Å². The van der Waals surface area contributed by atoms with Crippen LogP contribution in [0.4, 0.5) is 13.2 Å². The van der Waals surface area contributed by atoms with E-state index in [2.05, 4.69) is 0 Å². The highest BCUT2D eigenvalue weighted by atomic mass is 19.4. The van der Waals surface area contributed by atoms with Crippen molar-refractivity contribution in [1.29, 1.82) is 0 Å². The largest absolute Gasteiger partial charge is 0.479 e. The molecule has 0 heterocycles. The molecule has 1 saturated carbocycles. The monoisotopic (exact) mass is 225 g/mol. The van der Waals surface area contributed by atoms with Crippen LogP contribution < -0.4 is 5.32 Å². The predicted molar refractivity (Wildman–Crippen MR) is 43.0 cm³/mol. The minimum Gasteiger partial charge on any atom is -0.479 e. The van der Waals surface area contributed by atoms with Crippen LogP contribution in [0.3, 0.4) is 0 Å². The second-order valence-corrected chi connectivity index (χ2v) is 3.57. The molecule has 0 bridgehead atoms. The van der Waals surface area contributed by atoms with Gasteiger partial charge in [0.1, 0.15) is 0 Å². The Balaban J connectivity index is 3.11. The third kappa shape index (κ3) is 1.91. The molecular formula is C8H10F3NO3. The van der Waals surface area contributed by atoms with Crippen LogP contribution in [0.15, 0.2) is 0 Å². The van der Waals surface area contributed by atoms with E-state index in [9.17, 15) is 22.8 Å². The van der Waals surface area contributed by atoms with E-state index in [1.165, 1.54) is 5.32 Å². The van der Waals surface area contributed by atoms with Crippen molar-refractivity contribution in [3.05, 3.63) is 0 Å². The Morgan fingerprint density at radius 2 is 1.80 bits per heavy atom. The summed E-state index contributed by atoms with van der Waals surface area (Å²) >= 11 is 0. The molecule has 1 aliphatic carbocycles. The Labute approximate surface area is 83.5 Å². The summed E-state index contributed by atoms with van der Waals surface area (Å²) in [4.78, 5) is 21.4. The fourth-order valence-corrected chi connectivity index (χ4v) is 1.55. The van der Waals surface area contributed by atoms with Crippen molar-refractivity contribution in [3.63, 3.8) is 0 Å². The number of carbonyl (C=O) groups is 2. The van der Waals surface area contributed by atoms with E-state index in [1.807, 2.05) is 0 Å². The zero-order chi connectivity index (χ0) is 11.9. The number of halogens is 3. The Kier molecular flexibility index (Phi) is 2.67. The van der Waals surface area contributed by atoms with Gasteiger partial charge < -0.3 is 10.4 Å². The van der Waals surface area contributed by atoms with E-state index in [0.29, 0.717) is 0 Å². The molecule has 15 heavy (non-hydrogen) atoms. The topological polar surface area (TPSA) is 66.4 Å². The zero-order valence-corrected chi connectivity index (χ0v) is 7.89. The van der Waals surface area contributed by atoms with Gasteiger partial charge in [-0.1, -0.05) is 0 Å². The molecule has 7 heteroatoms. The molecule has 0 aromatic heterocycles. The molecule has 0 spiro atoms. The van der Waals surface area contributed by atoms with Crippen molar-refractivity contribution in [2.24, 2.45) is 5.92 Å². The first kappa shape index (κ1) is 11.8. The fourth-order valence-electron chi connectivity index (χ4n) is 1.55. The normalized spacial score (nSPS) is 20.5. The van der Waals surface area contributed by atoms with Crippen molar-refractivity contribution in [2.45, 2.75) is 31.5 Å². The fraction of sp³-hybridized carbons (Fsp3) is 0.750. The van der Waals surface area contributed by atoms with Crippen LogP contribution in [-0.2, 0) is 9.59 Å². The van der Waals surface area contributed by atoms with Gasteiger partial charge in [0, 0.05) is 12.8 Å². The highest BCUT2D eigenvalue weighted by Crippen LogP contribution is 2.48. The van der Waals surface area contributed by atoms with Crippen molar-refractivity contribution in [3.8, 4) is 0 Å². The van der Waals surface area contributed by atoms with Gasteiger partial charge in [0.15, 0.2) is 0 Å². The van der Waals surface area contributed by atoms with E-state index in [-0.39, 0.29) is 12.8 Å². The molecule has 0 aliphatic heterocycles. The summed E-state index contributed by atoms with van der Waals surface area (Å²) < 4.78 is 38.0. The van der Waals surface area contributed by atoms with E-state index in [4.69, 9.17) is 5.11 Å². The molecule has 0 saturated heterocycles. The molecule has 1 unspecified atom stereocenters. The minimum absolute atomic E-state index is 0.159. The van der Waals surface area contributed by atoms with Crippen LogP contribution in [0.5, 0.6) is 0 Å². The van der Waals surface area contributed by atoms with E-state index in [1.54, 1.807) is 0 Å². The van der Waals surface area contributed by atoms with Crippen LogP contribution in [0.1, 0.15) is 19.8 Å². The number of nitrogens with one attached hydrogen (secondary N) is 1. The second-order valence-electron chi connectivity index (χ2n) is 3.57. The summed E-state index contributed by atoms with van der Waals surface area (Å²) in [6, 6.07) is 0. The molecule has 2 N–H and O–H groups in total. The summed E-state index contributed by atoms with van der Waals surface area (Å²) in [5.41, 5.74) is -3.11. The number of aliphatic carboxylic acids is 1. The highest BCUT2D eigenvalue weighted by Gasteiger charge is 2.68. The maximum atomic E-state index is 12.7. The average molecular weight is 225 g/mol. The van der Waals surface area contributed by atoms with Crippen molar-refractivity contribution in [2.75, 3.05) is 0 Å². The summed E-state index contributed by atoms with van der Waals surface area (Å²) in [7, 11) is 0. The van der Waals surface area contributed by atoms with Gasteiger partial charge in [0.25, 0.3) is 0 Å². The quantitative estimate of drug-likeness (QED) is 0.750. The third-order valence-corrected chi connectivity index (χ3v) is 2.35. The Morgan fingerprint density at radius 1 is 1.33 bits per heavy atom. The lowest BCUT2D eigenvalue weighted by molar-refractivity contribution is -0.215. The first-order valence-corrected chi connectivity index (χ1v) is 4.30. The average Bonchev–Trinajstić information content (AvgIpc) is 2.78. The van der Waals surface area contributed by atoms with Gasteiger partial charge >= 0.3 is 12.1 Å². The maximum absolute atomic E-state index is 12.7. The van der Waals surface area contributed by atoms with Gasteiger partial charge in [0.05, 0.1) is 0 Å². The standard InChI is InChI=1S/C8H10F3NO3/c1-4(13)12-7(6(14)15,5-2-3-5)8(9,10)11/h5H,2-3H2,1H3,(H,12,13)(H,14,15). The van der Waals surface area contributed by atoms with Crippen LogP contribution >= 0.6 is 0 Å². The van der Waals surface area contributed by atoms with E-state index in [0.717, 1.165) is 6.92 Å². The molecule has 4 nitrogen and oxygen atoms in total. The van der Waals surface area contributed by atoms with Gasteiger partial charge in [-0.25, -0.2) is 4.79 Å². The van der Waals surface area contributed by atoms with E-state index >= 15 is 0 Å². The number of carbonyl (C=O) groups excluding carboxylic acids is 1. The van der Waals surface area contributed by atoms with Crippen molar-refractivity contribution >= 4 is 11.9 Å². The number of rotatable bonds is 3. The number of hydrogen-bond acceptors (Lipinski definition) is 2. The third-order valence-electron chi connectivity index (χ3n) is 2.35. The molecule has 1 aliphatic rings. The number of alkyl halides is 3. The Morgan fingerprint density at radius 3 is 2.00 bits per heavy atom. The lowest BCUT2D eigenvalue weighted by Crippen LogP contribution is -2.65. The zero-order valence-electron chi connectivity index (χ0n) is 7.89. The molecule has 1 rings (SSSR count). The Hall–Kier alpha value is -1.27. The summed E-state index contributed by atoms with van der Waals surface area (Å²) in [5, 5.41) is 10.2. The molecule has 1 fully saturated rings. The first-order chi connectivity index (χ1) is 6.72. The number of hydrogen-bond donors (Lipinski definition) is 2. The molecular weight excluding hydrogens is 215 g/mol. The van der Waals surface area contributed by atoms with Gasteiger partial charge in [-0.2, -0.15) is 13.2 Å². The Bertz CT molecular complexity index is 298. The molecule has 1 atom stereocenters. The molecule has 1 amide bonds. The molecule has 86 valence electrons. The predicted octanol–water partition coefficient (Wildman–Crippen LogP) is 0.918. The lowest BCUT2D eigenvalue weighted by atomic mass is 9.92. The van der Waals surface area contributed by atoms with Crippen molar-refractivity contribution < 1.29 is 27.9 Å². The SMILES string of the molecule is CC(=O)NC(C(=O)O)(C1CC1)C(F)(F)F. The smallest absolute Gasteiger partial charge is 0.422 e.